The molecule has 2 atom stereocenters. The highest BCUT2D eigenvalue weighted by molar-refractivity contribution is 5.85. The SMILES string of the molecule is CC1=C(C)C[C@@H](C(=O)O)[C@@H](C(=O)N2CCN(C3CCCCC3)CC2)C1. The first-order valence-electron chi connectivity index (χ1n) is 9.88. The van der Waals surface area contributed by atoms with E-state index in [2.05, 4.69) is 4.90 Å². The van der Waals surface area contributed by atoms with Crippen molar-refractivity contribution in [1.29, 1.82) is 0 Å². The Balaban J connectivity index is 1.60. The van der Waals surface area contributed by atoms with E-state index in [0.29, 0.717) is 18.9 Å². The van der Waals surface area contributed by atoms with Crippen LogP contribution in [-0.4, -0.2) is 59.0 Å². The van der Waals surface area contributed by atoms with E-state index in [4.69, 9.17) is 0 Å². The van der Waals surface area contributed by atoms with E-state index in [9.17, 15) is 14.7 Å². The molecule has 1 saturated carbocycles. The summed E-state index contributed by atoms with van der Waals surface area (Å²) >= 11 is 0. The van der Waals surface area contributed by atoms with E-state index in [1.54, 1.807) is 0 Å². The molecule has 1 amide bonds. The van der Waals surface area contributed by atoms with Gasteiger partial charge in [0, 0.05) is 32.2 Å². The van der Waals surface area contributed by atoms with Crippen molar-refractivity contribution >= 4 is 11.9 Å². The number of hydrogen-bond donors (Lipinski definition) is 1. The van der Waals surface area contributed by atoms with E-state index in [1.165, 1.54) is 37.7 Å². The molecular weight excluding hydrogens is 316 g/mol. The van der Waals surface area contributed by atoms with Gasteiger partial charge in [-0.25, -0.2) is 0 Å². The summed E-state index contributed by atoms with van der Waals surface area (Å²) in [5.74, 6) is -1.72. The Labute approximate surface area is 151 Å². The van der Waals surface area contributed by atoms with Gasteiger partial charge in [0.2, 0.25) is 5.91 Å². The van der Waals surface area contributed by atoms with Crippen LogP contribution in [0.15, 0.2) is 11.1 Å². The fourth-order valence-electron chi connectivity index (χ4n) is 4.80. The Morgan fingerprint density at radius 2 is 1.44 bits per heavy atom. The van der Waals surface area contributed by atoms with Gasteiger partial charge < -0.3 is 10.0 Å². The Hall–Kier alpha value is -1.36. The Bertz CT molecular complexity index is 543. The van der Waals surface area contributed by atoms with Crippen molar-refractivity contribution in [2.24, 2.45) is 11.8 Å². The zero-order chi connectivity index (χ0) is 18.0. The predicted octanol–water partition coefficient (Wildman–Crippen LogP) is 2.91. The second kappa shape index (κ2) is 7.90. The van der Waals surface area contributed by atoms with Crippen LogP contribution in [0.4, 0.5) is 0 Å². The number of amides is 1. The van der Waals surface area contributed by atoms with Crippen LogP contribution in [0.5, 0.6) is 0 Å². The number of piperazine rings is 1. The zero-order valence-corrected chi connectivity index (χ0v) is 15.7. The van der Waals surface area contributed by atoms with Gasteiger partial charge in [-0.05, 0) is 39.5 Å². The van der Waals surface area contributed by atoms with E-state index in [0.717, 1.165) is 31.8 Å². The molecule has 5 nitrogen and oxygen atoms in total. The van der Waals surface area contributed by atoms with E-state index in [1.807, 2.05) is 18.7 Å². The minimum Gasteiger partial charge on any atom is -0.481 e. The molecule has 2 aliphatic carbocycles. The second-order valence-electron chi connectivity index (χ2n) is 8.17. The first kappa shape index (κ1) is 18.4. The van der Waals surface area contributed by atoms with Crippen LogP contribution < -0.4 is 0 Å². The highest BCUT2D eigenvalue weighted by Crippen LogP contribution is 2.35. The fraction of sp³-hybridized carbons (Fsp3) is 0.800. The van der Waals surface area contributed by atoms with Crippen molar-refractivity contribution in [3.63, 3.8) is 0 Å². The summed E-state index contributed by atoms with van der Waals surface area (Å²) in [6.45, 7) is 7.41. The van der Waals surface area contributed by atoms with Crippen molar-refractivity contribution in [3.8, 4) is 0 Å². The van der Waals surface area contributed by atoms with Crippen molar-refractivity contribution in [2.75, 3.05) is 26.2 Å². The molecular formula is C20H32N2O3. The molecule has 140 valence electrons. The third kappa shape index (κ3) is 4.08. The van der Waals surface area contributed by atoms with Crippen LogP contribution in [-0.2, 0) is 9.59 Å². The van der Waals surface area contributed by atoms with Gasteiger partial charge in [-0.2, -0.15) is 0 Å². The summed E-state index contributed by atoms with van der Waals surface area (Å²) in [4.78, 5) is 29.2. The van der Waals surface area contributed by atoms with E-state index in [-0.39, 0.29) is 11.8 Å². The number of hydrogen-bond acceptors (Lipinski definition) is 3. The van der Waals surface area contributed by atoms with Crippen LogP contribution in [0.1, 0.15) is 58.8 Å². The Morgan fingerprint density at radius 1 is 0.880 bits per heavy atom. The fourth-order valence-corrected chi connectivity index (χ4v) is 4.80. The molecule has 25 heavy (non-hydrogen) atoms. The molecule has 0 aromatic rings. The Morgan fingerprint density at radius 3 is 2.00 bits per heavy atom. The molecule has 1 aliphatic heterocycles. The standard InChI is InChI=1S/C20H32N2O3/c1-14-12-17(18(20(24)25)13-15(14)2)19(23)22-10-8-21(9-11-22)16-6-4-3-5-7-16/h16-18H,3-13H2,1-2H3,(H,24,25)/t17-,18+/m0/s1. The first-order chi connectivity index (χ1) is 12.0. The molecule has 0 aromatic heterocycles. The maximum Gasteiger partial charge on any atom is 0.307 e. The molecule has 3 rings (SSSR count). The summed E-state index contributed by atoms with van der Waals surface area (Å²) in [5, 5.41) is 9.57. The summed E-state index contributed by atoms with van der Waals surface area (Å²) in [6.07, 6.45) is 7.72. The second-order valence-corrected chi connectivity index (χ2v) is 8.17. The van der Waals surface area contributed by atoms with Gasteiger partial charge >= 0.3 is 5.97 Å². The molecule has 0 spiro atoms. The third-order valence-corrected chi connectivity index (χ3v) is 6.62. The number of carboxylic acids is 1. The summed E-state index contributed by atoms with van der Waals surface area (Å²) < 4.78 is 0. The van der Waals surface area contributed by atoms with Crippen molar-refractivity contribution in [2.45, 2.75) is 64.8 Å². The Kier molecular flexibility index (Phi) is 5.82. The molecule has 0 unspecified atom stereocenters. The van der Waals surface area contributed by atoms with Gasteiger partial charge in [0.1, 0.15) is 0 Å². The average Bonchev–Trinajstić information content (AvgIpc) is 2.63. The summed E-state index contributed by atoms with van der Waals surface area (Å²) in [5.41, 5.74) is 2.33. The molecule has 3 aliphatic rings. The normalized spacial score (nSPS) is 29.8. The highest BCUT2D eigenvalue weighted by atomic mass is 16.4. The lowest BCUT2D eigenvalue weighted by Gasteiger charge is -2.42. The number of carboxylic acid groups (broad SMARTS) is 1. The van der Waals surface area contributed by atoms with Crippen LogP contribution >= 0.6 is 0 Å². The van der Waals surface area contributed by atoms with Crippen molar-refractivity contribution in [1.82, 2.24) is 9.80 Å². The maximum atomic E-state index is 13.0. The number of allylic oxidation sites excluding steroid dienone is 2. The van der Waals surface area contributed by atoms with Crippen LogP contribution in [0, 0.1) is 11.8 Å². The van der Waals surface area contributed by atoms with Gasteiger partial charge in [-0.3, -0.25) is 14.5 Å². The summed E-state index contributed by atoms with van der Waals surface area (Å²) in [6, 6.07) is 0.695. The maximum absolute atomic E-state index is 13.0. The van der Waals surface area contributed by atoms with Crippen LogP contribution in [0.25, 0.3) is 0 Å². The highest BCUT2D eigenvalue weighted by Gasteiger charge is 2.40. The number of rotatable bonds is 3. The minimum atomic E-state index is -0.828. The molecule has 5 heteroatoms. The molecule has 0 bridgehead atoms. The van der Waals surface area contributed by atoms with Crippen LogP contribution in [0.2, 0.25) is 0 Å². The molecule has 1 heterocycles. The molecule has 2 fully saturated rings. The molecule has 1 saturated heterocycles. The number of carbonyl (C=O) groups excluding carboxylic acids is 1. The molecule has 0 aromatic carbocycles. The minimum absolute atomic E-state index is 0.0579. The summed E-state index contributed by atoms with van der Waals surface area (Å²) in [7, 11) is 0. The van der Waals surface area contributed by atoms with Crippen molar-refractivity contribution in [3.05, 3.63) is 11.1 Å². The zero-order valence-electron chi connectivity index (χ0n) is 15.7. The van der Waals surface area contributed by atoms with E-state index >= 15 is 0 Å². The van der Waals surface area contributed by atoms with Crippen molar-refractivity contribution < 1.29 is 14.7 Å². The quantitative estimate of drug-likeness (QED) is 0.797. The largest absolute Gasteiger partial charge is 0.481 e. The van der Waals surface area contributed by atoms with Gasteiger partial charge in [0.15, 0.2) is 0 Å². The smallest absolute Gasteiger partial charge is 0.307 e. The van der Waals surface area contributed by atoms with E-state index < -0.39 is 11.9 Å². The molecule has 1 N–H and O–H groups in total. The monoisotopic (exact) mass is 348 g/mol. The number of nitrogens with zero attached hydrogens (tertiary/aromatic N) is 2. The third-order valence-electron chi connectivity index (χ3n) is 6.62. The van der Waals surface area contributed by atoms with Gasteiger partial charge in [-0.1, -0.05) is 30.4 Å². The van der Waals surface area contributed by atoms with Gasteiger partial charge in [0.25, 0.3) is 0 Å². The van der Waals surface area contributed by atoms with Gasteiger partial charge in [-0.15, -0.1) is 0 Å². The predicted molar refractivity (Wildman–Crippen MR) is 97.2 cm³/mol. The average molecular weight is 348 g/mol. The lowest BCUT2D eigenvalue weighted by molar-refractivity contribution is -0.151. The van der Waals surface area contributed by atoms with Gasteiger partial charge in [0.05, 0.1) is 11.8 Å². The number of aliphatic carboxylic acids is 1. The lowest BCUT2D eigenvalue weighted by Crippen LogP contribution is -2.54. The first-order valence-corrected chi connectivity index (χ1v) is 9.88. The number of carbonyl (C=O) groups is 2. The van der Waals surface area contributed by atoms with Crippen LogP contribution in [0.3, 0.4) is 0 Å². The topological polar surface area (TPSA) is 60.9 Å². The molecule has 0 radical (unpaired) electrons. The lowest BCUT2D eigenvalue weighted by atomic mass is 9.76.